The summed E-state index contributed by atoms with van der Waals surface area (Å²) < 4.78 is 11.0. The first-order valence-corrected chi connectivity index (χ1v) is 11.3. The Labute approximate surface area is 186 Å². The van der Waals surface area contributed by atoms with E-state index in [0.29, 0.717) is 43.0 Å². The van der Waals surface area contributed by atoms with Crippen LogP contribution in [0.15, 0.2) is 34.7 Å². The van der Waals surface area contributed by atoms with Crippen LogP contribution in [-0.4, -0.2) is 54.2 Å². The van der Waals surface area contributed by atoms with Crippen molar-refractivity contribution in [3.63, 3.8) is 0 Å². The van der Waals surface area contributed by atoms with E-state index in [2.05, 4.69) is 5.10 Å². The SMILES string of the molecule is COc1cc2c(cc1OC)[C@@H](c1cccs1)N(C(=O)C1=NN(C(C)C)C(=O)CC1)CC2. The molecule has 1 atom stereocenters. The number of benzene rings is 1. The number of hydrogen-bond acceptors (Lipinski definition) is 6. The molecule has 3 heterocycles. The number of rotatable bonds is 5. The van der Waals surface area contributed by atoms with E-state index in [4.69, 9.17) is 9.47 Å². The van der Waals surface area contributed by atoms with Crippen LogP contribution in [0.3, 0.4) is 0 Å². The number of methoxy groups -OCH3 is 2. The maximum atomic E-state index is 13.6. The van der Waals surface area contributed by atoms with Gasteiger partial charge in [0, 0.05) is 30.3 Å². The smallest absolute Gasteiger partial charge is 0.270 e. The van der Waals surface area contributed by atoms with Gasteiger partial charge in [0.25, 0.3) is 5.91 Å². The summed E-state index contributed by atoms with van der Waals surface area (Å²) in [5, 5.41) is 7.89. The molecule has 0 saturated heterocycles. The van der Waals surface area contributed by atoms with E-state index in [-0.39, 0.29) is 23.9 Å². The van der Waals surface area contributed by atoms with Crippen molar-refractivity contribution in [2.45, 2.75) is 45.2 Å². The Morgan fingerprint density at radius 2 is 1.90 bits per heavy atom. The van der Waals surface area contributed by atoms with Gasteiger partial charge in [0.05, 0.1) is 20.3 Å². The van der Waals surface area contributed by atoms with E-state index in [1.165, 1.54) is 5.01 Å². The third kappa shape index (κ3) is 3.92. The summed E-state index contributed by atoms with van der Waals surface area (Å²) in [4.78, 5) is 28.8. The van der Waals surface area contributed by atoms with Gasteiger partial charge in [-0.3, -0.25) is 9.59 Å². The molecule has 2 aromatic rings. The lowest BCUT2D eigenvalue weighted by Gasteiger charge is -2.38. The van der Waals surface area contributed by atoms with Crippen molar-refractivity contribution < 1.29 is 19.1 Å². The van der Waals surface area contributed by atoms with Gasteiger partial charge in [0.1, 0.15) is 5.71 Å². The first-order chi connectivity index (χ1) is 14.9. The van der Waals surface area contributed by atoms with Crippen molar-refractivity contribution in [1.82, 2.24) is 9.91 Å². The summed E-state index contributed by atoms with van der Waals surface area (Å²) in [5.74, 6) is 1.18. The predicted molar refractivity (Wildman–Crippen MR) is 120 cm³/mol. The molecule has 4 rings (SSSR count). The van der Waals surface area contributed by atoms with E-state index in [1.807, 2.05) is 48.4 Å². The van der Waals surface area contributed by atoms with Gasteiger partial charge in [-0.05, 0) is 55.0 Å². The van der Waals surface area contributed by atoms with Gasteiger partial charge in [-0.1, -0.05) is 6.07 Å². The fourth-order valence-corrected chi connectivity index (χ4v) is 5.07. The highest BCUT2D eigenvalue weighted by atomic mass is 32.1. The molecule has 0 aliphatic carbocycles. The highest BCUT2D eigenvalue weighted by Gasteiger charge is 2.37. The molecule has 2 amide bonds. The molecule has 1 aromatic heterocycles. The third-order valence-corrected chi connectivity index (χ3v) is 6.67. The summed E-state index contributed by atoms with van der Waals surface area (Å²) in [6, 6.07) is 7.72. The van der Waals surface area contributed by atoms with Crippen LogP contribution in [-0.2, 0) is 16.0 Å². The Balaban J connectivity index is 1.76. The Hall–Kier alpha value is -2.87. The summed E-state index contributed by atoms with van der Waals surface area (Å²) in [6.45, 7) is 4.37. The summed E-state index contributed by atoms with van der Waals surface area (Å²) >= 11 is 1.62. The van der Waals surface area contributed by atoms with Crippen LogP contribution in [0.25, 0.3) is 0 Å². The van der Waals surface area contributed by atoms with Gasteiger partial charge in [-0.15, -0.1) is 11.3 Å². The van der Waals surface area contributed by atoms with Crippen molar-refractivity contribution >= 4 is 28.9 Å². The summed E-state index contributed by atoms with van der Waals surface area (Å²) in [5.41, 5.74) is 2.62. The number of nitrogens with zero attached hydrogens (tertiary/aromatic N) is 3. The van der Waals surface area contributed by atoms with Gasteiger partial charge in [0.2, 0.25) is 5.91 Å². The molecule has 0 radical (unpaired) electrons. The lowest BCUT2D eigenvalue weighted by molar-refractivity contribution is -0.133. The van der Waals surface area contributed by atoms with Crippen LogP contribution in [0.5, 0.6) is 11.5 Å². The number of carbonyl (C=O) groups excluding carboxylic acids is 2. The Morgan fingerprint density at radius 3 is 2.55 bits per heavy atom. The molecular weight excluding hydrogens is 414 g/mol. The first kappa shape index (κ1) is 21.4. The largest absolute Gasteiger partial charge is 0.493 e. The molecular formula is C23H27N3O4S. The minimum absolute atomic E-state index is 0.0397. The molecule has 31 heavy (non-hydrogen) atoms. The predicted octanol–water partition coefficient (Wildman–Crippen LogP) is 3.63. The Bertz CT molecular complexity index is 1020. The van der Waals surface area contributed by atoms with Crippen molar-refractivity contribution in [3.8, 4) is 11.5 Å². The molecule has 1 aromatic carbocycles. The fraction of sp³-hybridized carbons (Fsp3) is 0.435. The quantitative estimate of drug-likeness (QED) is 0.710. The van der Waals surface area contributed by atoms with Crippen molar-refractivity contribution in [1.29, 1.82) is 0 Å². The van der Waals surface area contributed by atoms with E-state index in [1.54, 1.807) is 25.6 Å². The lowest BCUT2D eigenvalue weighted by Crippen LogP contribution is -2.46. The number of hydrogen-bond donors (Lipinski definition) is 0. The molecule has 0 bridgehead atoms. The second kappa shape index (κ2) is 8.70. The van der Waals surface area contributed by atoms with Gasteiger partial charge in [-0.2, -0.15) is 5.10 Å². The van der Waals surface area contributed by atoms with E-state index in [9.17, 15) is 9.59 Å². The van der Waals surface area contributed by atoms with Gasteiger partial charge < -0.3 is 14.4 Å². The highest BCUT2D eigenvalue weighted by molar-refractivity contribution is 7.10. The maximum absolute atomic E-state index is 13.6. The van der Waals surface area contributed by atoms with Crippen molar-refractivity contribution in [3.05, 3.63) is 45.6 Å². The number of carbonyl (C=O) groups is 2. The molecule has 0 unspecified atom stereocenters. The molecule has 7 nitrogen and oxygen atoms in total. The van der Waals surface area contributed by atoms with Crippen LogP contribution in [0.1, 0.15) is 48.7 Å². The number of hydrazone groups is 1. The van der Waals surface area contributed by atoms with Crippen LogP contribution >= 0.6 is 11.3 Å². The minimum Gasteiger partial charge on any atom is -0.493 e. The zero-order chi connectivity index (χ0) is 22.1. The van der Waals surface area contributed by atoms with Crippen LogP contribution in [0, 0.1) is 0 Å². The lowest BCUT2D eigenvalue weighted by atomic mass is 9.90. The maximum Gasteiger partial charge on any atom is 0.270 e. The zero-order valence-electron chi connectivity index (χ0n) is 18.3. The van der Waals surface area contributed by atoms with E-state index < -0.39 is 0 Å². The molecule has 0 N–H and O–H groups in total. The van der Waals surface area contributed by atoms with Gasteiger partial charge in [0.15, 0.2) is 11.5 Å². The monoisotopic (exact) mass is 441 g/mol. The van der Waals surface area contributed by atoms with Crippen molar-refractivity contribution in [2.75, 3.05) is 20.8 Å². The second-order valence-corrected chi connectivity index (χ2v) is 8.93. The van der Waals surface area contributed by atoms with E-state index >= 15 is 0 Å². The molecule has 0 fully saturated rings. The van der Waals surface area contributed by atoms with Crippen LogP contribution in [0.4, 0.5) is 0 Å². The number of thiophene rings is 1. The first-order valence-electron chi connectivity index (χ1n) is 10.4. The third-order valence-electron chi connectivity index (χ3n) is 5.74. The Morgan fingerprint density at radius 1 is 1.16 bits per heavy atom. The van der Waals surface area contributed by atoms with Gasteiger partial charge in [-0.25, -0.2) is 5.01 Å². The zero-order valence-corrected chi connectivity index (χ0v) is 19.1. The number of amides is 2. The molecule has 164 valence electrons. The summed E-state index contributed by atoms with van der Waals surface area (Å²) in [7, 11) is 3.24. The Kier molecular flexibility index (Phi) is 6.00. The average molecular weight is 442 g/mol. The van der Waals surface area contributed by atoms with Gasteiger partial charge >= 0.3 is 0 Å². The van der Waals surface area contributed by atoms with E-state index in [0.717, 1.165) is 16.0 Å². The topological polar surface area (TPSA) is 71.4 Å². The minimum atomic E-state index is -0.233. The molecule has 2 aliphatic heterocycles. The van der Waals surface area contributed by atoms with Crippen LogP contribution in [0.2, 0.25) is 0 Å². The van der Waals surface area contributed by atoms with Crippen LogP contribution < -0.4 is 9.47 Å². The molecule has 0 saturated carbocycles. The summed E-state index contributed by atoms with van der Waals surface area (Å²) in [6.07, 6.45) is 1.39. The second-order valence-electron chi connectivity index (χ2n) is 7.95. The standard InChI is InChI=1S/C23H27N3O4S/c1-14(2)26-21(27)8-7-17(24-26)23(28)25-10-9-15-12-18(29-3)19(30-4)13-16(15)22(25)20-6-5-11-31-20/h5-6,11-14,22H,7-10H2,1-4H3/t22-/m0/s1. The molecule has 0 spiro atoms. The number of ether oxygens (including phenoxy) is 2. The molecule has 2 aliphatic rings. The average Bonchev–Trinajstić information content (AvgIpc) is 3.31. The normalized spacial score (nSPS) is 18.7. The van der Waals surface area contributed by atoms with Crippen molar-refractivity contribution in [2.24, 2.45) is 5.10 Å². The molecule has 8 heteroatoms. The fourth-order valence-electron chi connectivity index (χ4n) is 4.21. The highest BCUT2D eigenvalue weighted by Crippen LogP contribution is 2.42. The number of fused-ring (bicyclic) bond motifs is 1.